The van der Waals surface area contributed by atoms with Crippen molar-refractivity contribution < 1.29 is 17.6 Å². The second-order valence-electron chi connectivity index (χ2n) is 12.6. The van der Waals surface area contributed by atoms with E-state index in [4.69, 9.17) is 9.41 Å². The molecule has 0 saturated carbocycles. The molecule has 2 nitrogen and oxygen atoms in total. The first kappa shape index (κ1) is 26.5. The van der Waals surface area contributed by atoms with Crippen LogP contribution < -0.4 is 9.61 Å². The summed E-state index contributed by atoms with van der Waals surface area (Å²) in [6.45, 7) is 13.4. The fraction of sp³-hybridized carbons (Fsp3) is 0.344. The third-order valence-electron chi connectivity index (χ3n) is 7.64. The van der Waals surface area contributed by atoms with Crippen LogP contribution in [-0.4, -0.2) is 19.5 Å². The van der Waals surface area contributed by atoms with E-state index in [-0.39, 0.29) is 11.8 Å². The molecule has 0 atom stereocenters. The Bertz CT molecular complexity index is 1550. The molecule has 0 N–H and O–H groups in total. The number of aromatic nitrogens is 1. The highest BCUT2D eigenvalue weighted by Gasteiger charge is 2.47. The zero-order valence-electron chi connectivity index (χ0n) is 23.0. The molecular weight excluding hydrogens is 499 g/mol. The average molecular weight is 534 g/mol. The smallest absolute Gasteiger partial charge is 0.394 e. The van der Waals surface area contributed by atoms with Crippen molar-refractivity contribution in [1.29, 1.82) is 0 Å². The van der Waals surface area contributed by atoms with Gasteiger partial charge in [0.05, 0.1) is 5.41 Å². The molecule has 0 amide bonds. The van der Waals surface area contributed by atoms with Gasteiger partial charge < -0.3 is 4.43 Å². The predicted octanol–water partition coefficient (Wildman–Crippen LogP) is 8.80. The van der Waals surface area contributed by atoms with Gasteiger partial charge in [-0.15, -0.1) is 0 Å². The number of alkyl halides is 3. The van der Waals surface area contributed by atoms with E-state index in [1.807, 2.05) is 30.3 Å². The highest BCUT2D eigenvalue weighted by atomic mass is 28.4. The Balaban J connectivity index is 1.66. The maximum atomic E-state index is 13.6. The molecular formula is C32H34F3NOSi. The zero-order valence-corrected chi connectivity index (χ0v) is 24.0. The Hall–Kier alpha value is -3.12. The standard InChI is InChI=1S/C32H34F3NOSi/c1-30(2,3)26-18-22(17-21-10-8-9-11-23(21)26)28-29-25(14-15-36-28)24-13-12-20(16-27(24)38(6,7)37-29)19-31(4,5)32(33,34)35/h8-18H,19H2,1-7H3. The summed E-state index contributed by atoms with van der Waals surface area (Å²) in [6.07, 6.45) is -2.55. The Labute approximate surface area is 224 Å². The SMILES string of the molecule is CC(C)(C)c1cc(-c2nccc3c2O[Si](C)(C)c2cc(CC(C)(C)C(F)(F)F)ccc2-3)cc2ccccc12. The third-order valence-corrected chi connectivity index (χ3v) is 10.1. The Morgan fingerprint density at radius 1 is 0.842 bits per heavy atom. The molecule has 6 heteroatoms. The number of hydrogen-bond donors (Lipinski definition) is 0. The van der Waals surface area contributed by atoms with Gasteiger partial charge >= 0.3 is 6.18 Å². The number of hydrogen-bond acceptors (Lipinski definition) is 2. The lowest BCUT2D eigenvalue weighted by molar-refractivity contribution is -0.211. The van der Waals surface area contributed by atoms with E-state index in [0.29, 0.717) is 5.56 Å². The molecule has 38 heavy (non-hydrogen) atoms. The van der Waals surface area contributed by atoms with Gasteiger partial charge in [-0.3, -0.25) is 4.98 Å². The van der Waals surface area contributed by atoms with Crippen molar-refractivity contribution in [2.75, 3.05) is 0 Å². The van der Waals surface area contributed by atoms with Gasteiger partial charge in [-0.25, -0.2) is 0 Å². The number of pyridine rings is 1. The lowest BCUT2D eigenvalue weighted by atomic mass is 9.82. The highest BCUT2D eigenvalue weighted by molar-refractivity contribution is 6.86. The molecule has 0 spiro atoms. The first-order chi connectivity index (χ1) is 17.6. The van der Waals surface area contributed by atoms with Crippen molar-refractivity contribution in [3.05, 3.63) is 78.0 Å². The molecule has 1 aliphatic rings. The van der Waals surface area contributed by atoms with Gasteiger partial charge in [-0.2, -0.15) is 13.2 Å². The van der Waals surface area contributed by atoms with E-state index in [9.17, 15) is 13.2 Å². The molecule has 0 bridgehead atoms. The predicted molar refractivity (Wildman–Crippen MR) is 153 cm³/mol. The van der Waals surface area contributed by atoms with E-state index in [1.54, 1.807) is 6.20 Å². The Morgan fingerprint density at radius 2 is 1.55 bits per heavy atom. The molecule has 5 rings (SSSR count). The number of rotatable bonds is 3. The molecule has 4 aromatic rings. The van der Waals surface area contributed by atoms with Crippen molar-refractivity contribution >= 4 is 24.3 Å². The molecule has 0 fully saturated rings. The lowest BCUT2D eigenvalue weighted by Gasteiger charge is -2.35. The van der Waals surface area contributed by atoms with Gasteiger partial charge in [-0.1, -0.05) is 77.1 Å². The molecule has 0 saturated heterocycles. The van der Waals surface area contributed by atoms with Crippen LogP contribution in [0.1, 0.15) is 45.7 Å². The molecule has 198 valence electrons. The molecule has 0 radical (unpaired) electrons. The minimum absolute atomic E-state index is 0.0630. The topological polar surface area (TPSA) is 22.1 Å². The summed E-state index contributed by atoms with van der Waals surface area (Å²) in [5.74, 6) is 0.759. The minimum Gasteiger partial charge on any atom is -0.538 e. The molecule has 0 aliphatic carbocycles. The largest absolute Gasteiger partial charge is 0.538 e. The number of fused-ring (bicyclic) bond motifs is 4. The fourth-order valence-corrected chi connectivity index (χ4v) is 7.62. The van der Waals surface area contributed by atoms with Crippen LogP contribution in [0.15, 0.2) is 66.9 Å². The number of nitrogens with zero attached hydrogens (tertiary/aromatic N) is 1. The summed E-state index contributed by atoms with van der Waals surface area (Å²) in [6, 6.07) is 20.5. The summed E-state index contributed by atoms with van der Waals surface area (Å²) in [5, 5.41) is 3.40. The van der Waals surface area contributed by atoms with Gasteiger partial charge in [0.2, 0.25) is 0 Å². The number of benzene rings is 3. The summed E-state index contributed by atoms with van der Waals surface area (Å²) in [5.41, 5.74) is 3.81. The Kier molecular flexibility index (Phi) is 6.06. The molecule has 1 aliphatic heterocycles. The molecule has 0 unspecified atom stereocenters. The normalized spacial score (nSPS) is 15.1. The average Bonchev–Trinajstić information content (AvgIpc) is 2.81. The van der Waals surface area contributed by atoms with Crippen molar-refractivity contribution in [3.8, 4) is 28.1 Å². The minimum atomic E-state index is -4.27. The zero-order chi connectivity index (χ0) is 27.7. The van der Waals surface area contributed by atoms with Crippen LogP contribution in [0.25, 0.3) is 33.2 Å². The monoisotopic (exact) mass is 533 g/mol. The van der Waals surface area contributed by atoms with Crippen LogP contribution in [0, 0.1) is 5.41 Å². The third kappa shape index (κ3) is 4.53. The summed E-state index contributed by atoms with van der Waals surface area (Å²) < 4.78 is 47.5. The van der Waals surface area contributed by atoms with Gasteiger partial charge in [-0.05, 0) is 75.8 Å². The van der Waals surface area contributed by atoms with Crippen LogP contribution in [0.3, 0.4) is 0 Å². The van der Waals surface area contributed by atoms with Crippen LogP contribution >= 0.6 is 0 Å². The quantitative estimate of drug-likeness (QED) is 0.246. The fourth-order valence-electron chi connectivity index (χ4n) is 5.39. The highest BCUT2D eigenvalue weighted by Crippen LogP contribution is 2.45. The van der Waals surface area contributed by atoms with E-state index >= 15 is 0 Å². The Morgan fingerprint density at radius 3 is 2.24 bits per heavy atom. The molecule has 1 aromatic heterocycles. The van der Waals surface area contributed by atoms with E-state index in [0.717, 1.165) is 38.7 Å². The summed E-state index contributed by atoms with van der Waals surface area (Å²) in [4.78, 5) is 4.80. The van der Waals surface area contributed by atoms with Crippen LogP contribution in [0.5, 0.6) is 5.75 Å². The summed E-state index contributed by atoms with van der Waals surface area (Å²) >= 11 is 0. The first-order valence-corrected chi connectivity index (χ1v) is 15.9. The van der Waals surface area contributed by atoms with Gasteiger partial charge in [0, 0.05) is 17.3 Å². The van der Waals surface area contributed by atoms with Gasteiger partial charge in [0.1, 0.15) is 11.4 Å². The van der Waals surface area contributed by atoms with Crippen molar-refractivity contribution in [2.45, 2.75) is 65.7 Å². The van der Waals surface area contributed by atoms with E-state index < -0.39 is 19.9 Å². The second kappa shape index (κ2) is 8.70. The van der Waals surface area contributed by atoms with Gasteiger partial charge in [0.25, 0.3) is 8.32 Å². The van der Waals surface area contributed by atoms with Crippen LogP contribution in [0.2, 0.25) is 13.1 Å². The maximum Gasteiger partial charge on any atom is 0.394 e. The van der Waals surface area contributed by atoms with Gasteiger partial charge in [0.15, 0.2) is 0 Å². The van der Waals surface area contributed by atoms with Crippen molar-refractivity contribution in [2.24, 2.45) is 5.41 Å². The number of halogens is 3. The van der Waals surface area contributed by atoms with E-state index in [1.165, 1.54) is 24.8 Å². The van der Waals surface area contributed by atoms with Crippen LogP contribution in [-0.2, 0) is 11.8 Å². The molecule has 2 heterocycles. The lowest BCUT2D eigenvalue weighted by Crippen LogP contribution is -2.51. The second-order valence-corrected chi connectivity index (χ2v) is 16.3. The van der Waals surface area contributed by atoms with Crippen LogP contribution in [0.4, 0.5) is 13.2 Å². The molecule has 3 aromatic carbocycles. The summed E-state index contributed by atoms with van der Waals surface area (Å²) in [7, 11) is -2.50. The van der Waals surface area contributed by atoms with Crippen molar-refractivity contribution in [3.63, 3.8) is 0 Å². The van der Waals surface area contributed by atoms with Crippen molar-refractivity contribution in [1.82, 2.24) is 4.98 Å². The van der Waals surface area contributed by atoms with E-state index in [2.05, 4.69) is 64.2 Å². The maximum absolute atomic E-state index is 13.6. The first-order valence-electron chi connectivity index (χ1n) is 13.0.